The number of hydrogen-bond donors (Lipinski definition) is 1. The van der Waals surface area contributed by atoms with E-state index in [-0.39, 0.29) is 5.56 Å². The van der Waals surface area contributed by atoms with Gasteiger partial charge in [-0.15, -0.1) is 0 Å². The molecule has 1 heterocycles. The molecule has 0 aliphatic rings. The van der Waals surface area contributed by atoms with Gasteiger partial charge >= 0.3 is 5.97 Å². The average molecular weight is 331 g/mol. The number of anilines is 1. The zero-order chi connectivity index (χ0) is 14.3. The van der Waals surface area contributed by atoms with Gasteiger partial charge in [0, 0.05) is 46.4 Å². The lowest BCUT2D eigenvalue weighted by Crippen LogP contribution is -2.01. The van der Waals surface area contributed by atoms with Crippen molar-refractivity contribution in [2.45, 2.75) is 0 Å². The van der Waals surface area contributed by atoms with Crippen molar-refractivity contribution in [3.63, 3.8) is 0 Å². The molecule has 0 saturated carbocycles. The maximum Gasteiger partial charge on any atom is 0.335 e. The Morgan fingerprint density at radius 1 is 1.20 bits per heavy atom. The second-order valence-electron chi connectivity index (χ2n) is 4.54. The van der Waals surface area contributed by atoms with E-state index in [2.05, 4.69) is 21.1 Å². The molecule has 0 aliphatic heterocycles. The minimum Gasteiger partial charge on any atom is -0.478 e. The summed E-state index contributed by atoms with van der Waals surface area (Å²) in [7, 11) is 1.89. The Morgan fingerprint density at radius 2 is 2.00 bits per heavy atom. The molecule has 100 valence electrons. The first kappa shape index (κ1) is 12.9. The van der Waals surface area contributed by atoms with Gasteiger partial charge in [-0.2, -0.15) is 0 Å². The number of fused-ring (bicyclic) bond motifs is 3. The quantitative estimate of drug-likeness (QED) is 0.573. The number of halogens is 1. The van der Waals surface area contributed by atoms with Gasteiger partial charge in [-0.3, -0.25) is 4.98 Å². The third-order valence-electron chi connectivity index (χ3n) is 3.31. The normalized spacial score (nSPS) is 10.9. The van der Waals surface area contributed by atoms with Gasteiger partial charge in [0.15, 0.2) is 0 Å². The van der Waals surface area contributed by atoms with E-state index in [0.717, 1.165) is 27.2 Å². The van der Waals surface area contributed by atoms with Gasteiger partial charge in [0.1, 0.15) is 0 Å². The van der Waals surface area contributed by atoms with Crippen molar-refractivity contribution in [2.24, 2.45) is 0 Å². The highest BCUT2D eigenvalue weighted by molar-refractivity contribution is 9.10. The van der Waals surface area contributed by atoms with Crippen molar-refractivity contribution in [2.75, 3.05) is 11.0 Å². The minimum absolute atomic E-state index is 0.281. The summed E-state index contributed by atoms with van der Waals surface area (Å²) in [6.07, 6.45) is 3.55. The molecule has 0 spiro atoms. The first-order valence-electron chi connectivity index (χ1n) is 6.01. The largest absolute Gasteiger partial charge is 0.478 e. The van der Waals surface area contributed by atoms with Gasteiger partial charge in [0.2, 0.25) is 0 Å². The fourth-order valence-electron chi connectivity index (χ4n) is 2.37. The van der Waals surface area contributed by atoms with Gasteiger partial charge in [0.25, 0.3) is 0 Å². The summed E-state index contributed by atoms with van der Waals surface area (Å²) < 4.78 is 1.84. The lowest BCUT2D eigenvalue weighted by Gasteiger charge is -2.15. The minimum atomic E-state index is -0.924. The topological polar surface area (TPSA) is 53.4 Å². The Morgan fingerprint density at radius 3 is 2.70 bits per heavy atom. The number of nitrogens with zero attached hydrogens (tertiary/aromatic N) is 2. The third-order valence-corrected chi connectivity index (χ3v) is 3.69. The first-order valence-corrected chi connectivity index (χ1v) is 6.72. The molecule has 20 heavy (non-hydrogen) atoms. The van der Waals surface area contributed by atoms with Crippen molar-refractivity contribution < 1.29 is 9.90 Å². The summed E-state index contributed by atoms with van der Waals surface area (Å²) in [4.78, 5) is 15.3. The molecule has 1 aromatic heterocycles. The van der Waals surface area contributed by atoms with E-state index in [1.165, 1.54) is 0 Å². The van der Waals surface area contributed by atoms with E-state index in [0.29, 0.717) is 0 Å². The van der Waals surface area contributed by atoms with Crippen LogP contribution < -0.4 is 3.93 Å². The molecular weight excluding hydrogens is 320 g/mol. The van der Waals surface area contributed by atoms with Crippen molar-refractivity contribution in [3.05, 3.63) is 48.3 Å². The highest BCUT2D eigenvalue weighted by Crippen LogP contribution is 2.34. The van der Waals surface area contributed by atoms with Crippen LogP contribution in [0.3, 0.4) is 0 Å². The number of carboxylic acid groups (broad SMARTS) is 1. The molecule has 1 N–H and O–H groups in total. The van der Waals surface area contributed by atoms with Crippen LogP contribution in [0.1, 0.15) is 10.4 Å². The molecule has 0 amide bonds. The maximum atomic E-state index is 11.1. The average Bonchev–Trinajstić information content (AvgIpc) is 2.45. The van der Waals surface area contributed by atoms with Gasteiger partial charge in [-0.25, -0.2) is 4.79 Å². The highest BCUT2D eigenvalue weighted by atomic mass is 79.9. The summed E-state index contributed by atoms with van der Waals surface area (Å²) in [5, 5.41) is 13.0. The molecule has 5 heteroatoms. The van der Waals surface area contributed by atoms with Crippen LogP contribution in [0.2, 0.25) is 0 Å². The predicted octanol–water partition coefficient (Wildman–Crippen LogP) is 3.83. The Hall–Kier alpha value is -2.14. The number of hydrogen-bond acceptors (Lipinski definition) is 3. The third kappa shape index (κ3) is 2.00. The zero-order valence-electron chi connectivity index (χ0n) is 10.7. The number of benzene rings is 2. The Balaban J connectivity index is 2.45. The zero-order valence-corrected chi connectivity index (χ0v) is 12.3. The highest BCUT2D eigenvalue weighted by Gasteiger charge is 2.11. The van der Waals surface area contributed by atoms with E-state index in [1.54, 1.807) is 24.5 Å². The van der Waals surface area contributed by atoms with E-state index in [9.17, 15) is 4.79 Å². The Bertz CT molecular complexity index is 831. The van der Waals surface area contributed by atoms with Crippen LogP contribution in [0, 0.1) is 0 Å². The van der Waals surface area contributed by atoms with Gasteiger partial charge in [0.05, 0.1) is 11.3 Å². The van der Waals surface area contributed by atoms with Gasteiger partial charge in [-0.1, -0.05) is 6.07 Å². The molecule has 0 fully saturated rings. The fourth-order valence-corrected chi connectivity index (χ4v) is 2.67. The lowest BCUT2D eigenvalue weighted by molar-refractivity contribution is 0.0697. The van der Waals surface area contributed by atoms with E-state index in [1.807, 2.05) is 29.2 Å². The van der Waals surface area contributed by atoms with Crippen LogP contribution in [-0.2, 0) is 0 Å². The molecule has 0 atom stereocenters. The molecular formula is C15H11BrN2O2. The standard InChI is InChI=1S/C15H11BrN2O2/c1-18(16)14-7-10-6-9(15(19)20)2-3-11(10)13-8-17-5-4-12(13)14/h2-8H,1H3,(H,19,20). The lowest BCUT2D eigenvalue weighted by atomic mass is 10.00. The monoisotopic (exact) mass is 330 g/mol. The van der Waals surface area contributed by atoms with E-state index >= 15 is 0 Å². The first-order chi connectivity index (χ1) is 9.58. The molecule has 3 rings (SSSR count). The van der Waals surface area contributed by atoms with Gasteiger partial charge < -0.3 is 9.03 Å². The van der Waals surface area contributed by atoms with Crippen LogP contribution in [0.4, 0.5) is 5.69 Å². The van der Waals surface area contributed by atoms with Gasteiger partial charge in [-0.05, 0) is 35.0 Å². The number of pyridine rings is 1. The van der Waals surface area contributed by atoms with Crippen molar-refractivity contribution >= 4 is 49.3 Å². The summed E-state index contributed by atoms with van der Waals surface area (Å²) in [6.45, 7) is 0. The van der Waals surface area contributed by atoms with Crippen LogP contribution in [0.5, 0.6) is 0 Å². The molecule has 3 aromatic rings. The van der Waals surface area contributed by atoms with E-state index < -0.39 is 5.97 Å². The SMILES string of the molecule is CN(Br)c1cc2cc(C(=O)O)ccc2c2cnccc12. The summed E-state index contributed by atoms with van der Waals surface area (Å²) in [5.74, 6) is -0.924. The molecule has 0 bridgehead atoms. The maximum absolute atomic E-state index is 11.1. The number of carbonyl (C=O) groups is 1. The second kappa shape index (κ2) is 4.76. The van der Waals surface area contributed by atoms with Crippen molar-refractivity contribution in [1.82, 2.24) is 4.98 Å². The fraction of sp³-hybridized carbons (Fsp3) is 0.0667. The molecule has 0 unspecified atom stereocenters. The number of aromatic carboxylic acids is 1. The molecule has 4 nitrogen and oxygen atoms in total. The summed E-state index contributed by atoms with van der Waals surface area (Å²) in [6, 6.07) is 9.06. The number of aromatic nitrogens is 1. The van der Waals surface area contributed by atoms with Crippen LogP contribution in [0.15, 0.2) is 42.7 Å². The summed E-state index contributed by atoms with van der Waals surface area (Å²) >= 11 is 3.43. The van der Waals surface area contributed by atoms with Crippen LogP contribution in [0.25, 0.3) is 21.5 Å². The van der Waals surface area contributed by atoms with Crippen molar-refractivity contribution in [1.29, 1.82) is 0 Å². The number of carboxylic acids is 1. The van der Waals surface area contributed by atoms with E-state index in [4.69, 9.17) is 5.11 Å². The predicted molar refractivity (Wildman–Crippen MR) is 83.5 cm³/mol. The smallest absolute Gasteiger partial charge is 0.335 e. The van der Waals surface area contributed by atoms with Crippen LogP contribution in [-0.4, -0.2) is 23.1 Å². The molecule has 2 aromatic carbocycles. The molecule has 0 aliphatic carbocycles. The molecule has 0 radical (unpaired) electrons. The second-order valence-corrected chi connectivity index (χ2v) is 5.60. The van der Waals surface area contributed by atoms with Crippen LogP contribution >= 0.6 is 16.1 Å². The Kier molecular flexibility index (Phi) is 3.06. The summed E-state index contributed by atoms with van der Waals surface area (Å²) in [5.41, 5.74) is 1.25. The Labute approximate surface area is 124 Å². The molecule has 0 saturated heterocycles. The number of rotatable bonds is 2. The van der Waals surface area contributed by atoms with Crippen molar-refractivity contribution in [3.8, 4) is 0 Å².